The Morgan fingerprint density at radius 1 is 1.28 bits per heavy atom. The smallest absolute Gasteiger partial charge is 0.179 e. The van der Waals surface area contributed by atoms with E-state index in [2.05, 4.69) is 21.3 Å². The van der Waals surface area contributed by atoms with E-state index in [-0.39, 0.29) is 12.4 Å². The predicted molar refractivity (Wildman–Crippen MR) is 99.9 cm³/mol. The van der Waals surface area contributed by atoms with E-state index < -0.39 is 0 Å². The molecule has 7 heteroatoms. The first-order valence-corrected chi connectivity index (χ1v) is 8.62. The Labute approximate surface area is 158 Å². The first-order valence-electron chi connectivity index (χ1n) is 8.24. The van der Waals surface area contributed by atoms with Crippen LogP contribution in [0, 0.1) is 0 Å². The lowest BCUT2D eigenvalue weighted by Crippen LogP contribution is -2.45. The first kappa shape index (κ1) is 18.3. The monoisotopic (exact) mass is 381 g/mol. The van der Waals surface area contributed by atoms with E-state index in [1.807, 2.05) is 30.6 Å². The Bertz CT molecular complexity index is 715. The molecule has 5 nitrogen and oxygen atoms in total. The van der Waals surface area contributed by atoms with E-state index in [1.165, 1.54) is 5.56 Å². The van der Waals surface area contributed by atoms with Crippen molar-refractivity contribution < 1.29 is 9.47 Å². The SMILES string of the molecule is Cl.Clc1cc(CN2CCNCC2c2cccnc2)cc2c1OCCO2. The number of piperazine rings is 1. The van der Waals surface area contributed by atoms with Gasteiger partial charge in [-0.05, 0) is 29.3 Å². The number of hydrogen-bond donors (Lipinski definition) is 1. The molecule has 0 saturated carbocycles. The Morgan fingerprint density at radius 2 is 2.16 bits per heavy atom. The van der Waals surface area contributed by atoms with Crippen LogP contribution in [0.5, 0.6) is 11.5 Å². The standard InChI is InChI=1S/C18H20ClN3O2.ClH/c19-15-8-13(9-17-18(15)24-7-6-23-17)12-22-5-4-21-11-16(22)14-2-1-3-20-10-14;/h1-3,8-10,16,21H,4-7,11-12H2;1H. The lowest BCUT2D eigenvalue weighted by Gasteiger charge is -2.36. The van der Waals surface area contributed by atoms with Crippen molar-refractivity contribution in [3.8, 4) is 11.5 Å². The van der Waals surface area contributed by atoms with Crippen molar-refractivity contribution in [2.24, 2.45) is 0 Å². The van der Waals surface area contributed by atoms with Gasteiger partial charge in [0.15, 0.2) is 11.5 Å². The molecule has 2 aromatic rings. The van der Waals surface area contributed by atoms with Gasteiger partial charge in [0.25, 0.3) is 0 Å². The van der Waals surface area contributed by atoms with E-state index in [9.17, 15) is 0 Å². The second-order valence-electron chi connectivity index (χ2n) is 6.08. The number of rotatable bonds is 3. The van der Waals surface area contributed by atoms with Gasteiger partial charge in [0, 0.05) is 44.6 Å². The highest BCUT2D eigenvalue weighted by atomic mass is 35.5. The summed E-state index contributed by atoms with van der Waals surface area (Å²) in [6.45, 7) is 4.81. The third-order valence-corrected chi connectivity index (χ3v) is 4.75. The van der Waals surface area contributed by atoms with Gasteiger partial charge in [0.2, 0.25) is 0 Å². The van der Waals surface area contributed by atoms with Crippen LogP contribution in [0.25, 0.3) is 0 Å². The number of nitrogens with one attached hydrogen (secondary N) is 1. The number of nitrogens with zero attached hydrogens (tertiary/aromatic N) is 2. The van der Waals surface area contributed by atoms with Gasteiger partial charge in [-0.2, -0.15) is 0 Å². The van der Waals surface area contributed by atoms with E-state index in [0.717, 1.165) is 37.5 Å². The Hall–Kier alpha value is -1.53. The van der Waals surface area contributed by atoms with E-state index in [4.69, 9.17) is 21.1 Å². The summed E-state index contributed by atoms with van der Waals surface area (Å²) in [7, 11) is 0. The van der Waals surface area contributed by atoms with Crippen molar-refractivity contribution >= 4 is 24.0 Å². The third-order valence-electron chi connectivity index (χ3n) is 4.47. The van der Waals surface area contributed by atoms with Crippen molar-refractivity contribution in [1.29, 1.82) is 0 Å². The number of benzene rings is 1. The molecule has 4 rings (SSSR count). The fourth-order valence-corrected chi connectivity index (χ4v) is 3.62. The summed E-state index contributed by atoms with van der Waals surface area (Å²) >= 11 is 6.37. The summed E-state index contributed by atoms with van der Waals surface area (Å²) in [5.41, 5.74) is 2.37. The van der Waals surface area contributed by atoms with Gasteiger partial charge in [-0.3, -0.25) is 9.88 Å². The van der Waals surface area contributed by atoms with Crippen LogP contribution in [0.1, 0.15) is 17.2 Å². The van der Waals surface area contributed by atoms with Crippen LogP contribution in [0.4, 0.5) is 0 Å². The molecule has 0 aliphatic carbocycles. The molecule has 1 fully saturated rings. The minimum atomic E-state index is 0. The molecule has 0 bridgehead atoms. The molecule has 1 N–H and O–H groups in total. The molecule has 134 valence electrons. The second-order valence-corrected chi connectivity index (χ2v) is 6.49. The Morgan fingerprint density at radius 3 is 3.00 bits per heavy atom. The Kier molecular flexibility index (Phi) is 6.02. The minimum Gasteiger partial charge on any atom is -0.486 e. The van der Waals surface area contributed by atoms with Crippen LogP contribution in [0.2, 0.25) is 5.02 Å². The molecule has 2 aliphatic rings. The highest BCUT2D eigenvalue weighted by molar-refractivity contribution is 6.32. The van der Waals surface area contributed by atoms with Gasteiger partial charge >= 0.3 is 0 Å². The maximum Gasteiger partial charge on any atom is 0.179 e. The fraction of sp³-hybridized carbons (Fsp3) is 0.389. The number of ether oxygens (including phenoxy) is 2. The maximum atomic E-state index is 6.37. The average molecular weight is 382 g/mol. The summed E-state index contributed by atoms with van der Waals surface area (Å²) in [4.78, 5) is 6.71. The Balaban J connectivity index is 0.00000182. The molecular weight excluding hydrogens is 361 g/mol. The van der Waals surface area contributed by atoms with Crippen LogP contribution in [-0.4, -0.2) is 42.7 Å². The van der Waals surface area contributed by atoms with Gasteiger partial charge in [-0.25, -0.2) is 0 Å². The van der Waals surface area contributed by atoms with E-state index in [0.29, 0.717) is 30.0 Å². The molecule has 1 aromatic heterocycles. The predicted octanol–water partition coefficient (Wildman–Crippen LogP) is 3.07. The molecule has 1 saturated heterocycles. The molecule has 1 unspecified atom stereocenters. The zero-order valence-electron chi connectivity index (χ0n) is 13.8. The molecule has 0 radical (unpaired) electrons. The topological polar surface area (TPSA) is 46.6 Å². The maximum absolute atomic E-state index is 6.37. The third kappa shape index (κ3) is 4.01. The molecular formula is C18H21Cl2N3O2. The fourth-order valence-electron chi connectivity index (χ4n) is 3.33. The van der Waals surface area contributed by atoms with Crippen molar-refractivity contribution in [3.63, 3.8) is 0 Å². The molecule has 2 aliphatic heterocycles. The van der Waals surface area contributed by atoms with Crippen molar-refractivity contribution in [1.82, 2.24) is 15.2 Å². The van der Waals surface area contributed by atoms with Crippen molar-refractivity contribution in [2.75, 3.05) is 32.8 Å². The van der Waals surface area contributed by atoms with Crippen LogP contribution in [-0.2, 0) is 6.54 Å². The minimum absolute atomic E-state index is 0. The van der Waals surface area contributed by atoms with Crippen LogP contribution in [0.3, 0.4) is 0 Å². The molecule has 0 amide bonds. The molecule has 1 aromatic carbocycles. The average Bonchev–Trinajstić information content (AvgIpc) is 2.63. The van der Waals surface area contributed by atoms with Crippen molar-refractivity contribution in [2.45, 2.75) is 12.6 Å². The van der Waals surface area contributed by atoms with E-state index >= 15 is 0 Å². The van der Waals surface area contributed by atoms with E-state index in [1.54, 1.807) is 0 Å². The summed E-state index contributed by atoms with van der Waals surface area (Å²) in [6.07, 6.45) is 3.76. The number of fused-ring (bicyclic) bond motifs is 1. The lowest BCUT2D eigenvalue weighted by atomic mass is 10.0. The number of aromatic nitrogens is 1. The van der Waals surface area contributed by atoms with Gasteiger partial charge in [-0.15, -0.1) is 12.4 Å². The lowest BCUT2D eigenvalue weighted by molar-refractivity contribution is 0.151. The number of halogens is 2. The van der Waals surface area contributed by atoms with Crippen molar-refractivity contribution in [3.05, 3.63) is 52.8 Å². The molecule has 0 spiro atoms. The van der Waals surface area contributed by atoms with Gasteiger partial charge < -0.3 is 14.8 Å². The molecule has 25 heavy (non-hydrogen) atoms. The summed E-state index contributed by atoms with van der Waals surface area (Å²) in [5.74, 6) is 1.41. The van der Waals surface area contributed by atoms with Crippen LogP contribution < -0.4 is 14.8 Å². The van der Waals surface area contributed by atoms with Gasteiger partial charge in [-0.1, -0.05) is 17.7 Å². The quantitative estimate of drug-likeness (QED) is 0.884. The second kappa shape index (κ2) is 8.23. The summed E-state index contributed by atoms with van der Waals surface area (Å²) in [5, 5.41) is 4.09. The highest BCUT2D eigenvalue weighted by Gasteiger charge is 2.25. The normalized spacial score (nSPS) is 20.0. The number of pyridine rings is 1. The number of hydrogen-bond acceptors (Lipinski definition) is 5. The van der Waals surface area contributed by atoms with Crippen LogP contribution in [0.15, 0.2) is 36.7 Å². The van der Waals surface area contributed by atoms with Gasteiger partial charge in [0.05, 0.1) is 5.02 Å². The highest BCUT2D eigenvalue weighted by Crippen LogP contribution is 2.39. The zero-order chi connectivity index (χ0) is 16.4. The first-order chi connectivity index (χ1) is 11.8. The van der Waals surface area contributed by atoms with Crippen LogP contribution >= 0.6 is 24.0 Å². The zero-order valence-corrected chi connectivity index (χ0v) is 15.4. The summed E-state index contributed by atoms with van der Waals surface area (Å²) < 4.78 is 11.3. The summed E-state index contributed by atoms with van der Waals surface area (Å²) in [6, 6.07) is 8.46. The van der Waals surface area contributed by atoms with Gasteiger partial charge in [0.1, 0.15) is 13.2 Å². The molecule has 1 atom stereocenters. The largest absolute Gasteiger partial charge is 0.486 e. The molecule has 3 heterocycles.